The number of hydrogen-bond donors (Lipinski definition) is 1. The quantitative estimate of drug-likeness (QED) is 0.924. The fourth-order valence-corrected chi connectivity index (χ4v) is 4.32. The summed E-state index contributed by atoms with van der Waals surface area (Å²) in [6.07, 6.45) is 4.02. The van der Waals surface area contributed by atoms with Crippen LogP contribution in [0, 0.1) is 0 Å². The normalized spacial score (nSPS) is 31.2. The lowest BCUT2D eigenvalue weighted by molar-refractivity contribution is -0.0512. The van der Waals surface area contributed by atoms with Gasteiger partial charge in [-0.25, -0.2) is 0 Å². The predicted molar refractivity (Wildman–Crippen MR) is 84.2 cm³/mol. The van der Waals surface area contributed by atoms with Crippen molar-refractivity contribution < 1.29 is 18.3 Å². The molecule has 23 heavy (non-hydrogen) atoms. The second kappa shape index (κ2) is 6.24. The highest BCUT2D eigenvalue weighted by Gasteiger charge is 2.49. The number of methoxy groups -OCH3 is 1. The monoisotopic (exact) mass is 326 g/mol. The number of likely N-dealkylation sites (N-methyl/N-ethyl adjacent to an activating group) is 1. The maximum absolute atomic E-state index is 12.5. The molecule has 1 aliphatic heterocycles. The second-order valence-corrected chi connectivity index (χ2v) is 6.68. The standard InChI is InChI=1S/C17H24F2N2O2/c1-21-8-7-17(6-5-12(20)10-15(17)21)11-3-4-13(23-16(18)19)14(9-11)22-2/h3-4,9,12,15-16H,5-8,10,20H2,1-2H3. The highest BCUT2D eigenvalue weighted by atomic mass is 19.3. The average Bonchev–Trinajstić information content (AvgIpc) is 2.85. The van der Waals surface area contributed by atoms with Crippen LogP contribution in [0.25, 0.3) is 0 Å². The molecule has 0 radical (unpaired) electrons. The smallest absolute Gasteiger partial charge is 0.387 e. The lowest BCUT2D eigenvalue weighted by Crippen LogP contribution is -2.49. The van der Waals surface area contributed by atoms with E-state index in [0.717, 1.165) is 37.8 Å². The predicted octanol–water partition coefficient (Wildman–Crippen LogP) is 2.75. The molecule has 2 N–H and O–H groups in total. The summed E-state index contributed by atoms with van der Waals surface area (Å²) in [5.74, 6) is 0.443. The Hall–Kier alpha value is -1.40. The van der Waals surface area contributed by atoms with Gasteiger partial charge in [0.1, 0.15) is 0 Å². The van der Waals surface area contributed by atoms with Gasteiger partial charge < -0.3 is 20.1 Å². The van der Waals surface area contributed by atoms with Gasteiger partial charge in [-0.1, -0.05) is 6.07 Å². The third-order valence-electron chi connectivity index (χ3n) is 5.52. The maximum atomic E-state index is 12.5. The number of hydrogen-bond acceptors (Lipinski definition) is 4. The first-order valence-electron chi connectivity index (χ1n) is 8.05. The molecule has 0 spiro atoms. The number of alkyl halides is 2. The number of benzene rings is 1. The van der Waals surface area contributed by atoms with E-state index in [4.69, 9.17) is 10.5 Å². The largest absolute Gasteiger partial charge is 0.493 e. The number of rotatable bonds is 4. The van der Waals surface area contributed by atoms with Gasteiger partial charge in [-0.15, -0.1) is 0 Å². The third kappa shape index (κ3) is 2.90. The molecule has 2 fully saturated rings. The van der Waals surface area contributed by atoms with Gasteiger partial charge in [-0.3, -0.25) is 0 Å². The zero-order valence-corrected chi connectivity index (χ0v) is 13.6. The Morgan fingerprint density at radius 2 is 2.09 bits per heavy atom. The van der Waals surface area contributed by atoms with Crippen molar-refractivity contribution in [2.75, 3.05) is 20.7 Å². The minimum absolute atomic E-state index is 0.0290. The van der Waals surface area contributed by atoms with E-state index in [-0.39, 0.29) is 17.2 Å². The topological polar surface area (TPSA) is 47.7 Å². The zero-order chi connectivity index (χ0) is 16.6. The lowest BCUT2D eigenvalue weighted by Gasteiger charge is -2.44. The Morgan fingerprint density at radius 3 is 2.78 bits per heavy atom. The Labute approximate surface area is 135 Å². The van der Waals surface area contributed by atoms with E-state index < -0.39 is 6.61 Å². The summed E-state index contributed by atoms with van der Waals surface area (Å²) >= 11 is 0. The Morgan fingerprint density at radius 1 is 1.30 bits per heavy atom. The van der Waals surface area contributed by atoms with Crippen molar-refractivity contribution in [3.05, 3.63) is 23.8 Å². The molecule has 1 aliphatic carbocycles. The van der Waals surface area contributed by atoms with Gasteiger partial charge in [-0.2, -0.15) is 8.78 Å². The maximum Gasteiger partial charge on any atom is 0.387 e. The van der Waals surface area contributed by atoms with Crippen molar-refractivity contribution >= 4 is 0 Å². The first-order chi connectivity index (χ1) is 11.0. The van der Waals surface area contributed by atoms with Crippen molar-refractivity contribution in [2.24, 2.45) is 5.73 Å². The van der Waals surface area contributed by atoms with E-state index in [1.165, 1.54) is 7.11 Å². The van der Waals surface area contributed by atoms with Gasteiger partial charge in [0, 0.05) is 17.5 Å². The number of nitrogens with zero attached hydrogens (tertiary/aromatic N) is 1. The van der Waals surface area contributed by atoms with Gasteiger partial charge >= 0.3 is 6.61 Å². The highest BCUT2D eigenvalue weighted by molar-refractivity contribution is 5.46. The summed E-state index contributed by atoms with van der Waals surface area (Å²) in [5.41, 5.74) is 7.34. The third-order valence-corrected chi connectivity index (χ3v) is 5.52. The van der Waals surface area contributed by atoms with Crippen LogP contribution in [0.2, 0.25) is 0 Å². The van der Waals surface area contributed by atoms with Crippen LogP contribution >= 0.6 is 0 Å². The van der Waals surface area contributed by atoms with Crippen LogP contribution in [-0.4, -0.2) is 44.3 Å². The Balaban J connectivity index is 1.96. The molecule has 3 atom stereocenters. The van der Waals surface area contributed by atoms with E-state index in [1.807, 2.05) is 12.1 Å². The van der Waals surface area contributed by atoms with E-state index in [0.29, 0.717) is 11.8 Å². The number of nitrogens with two attached hydrogens (primary N) is 1. The number of halogens is 2. The minimum atomic E-state index is -2.86. The van der Waals surface area contributed by atoms with E-state index in [9.17, 15) is 8.78 Å². The minimum Gasteiger partial charge on any atom is -0.493 e. The van der Waals surface area contributed by atoms with Crippen molar-refractivity contribution in [1.29, 1.82) is 0 Å². The molecule has 128 valence electrons. The Kier molecular flexibility index (Phi) is 4.47. The first kappa shape index (κ1) is 16.5. The van der Waals surface area contributed by atoms with E-state index in [1.54, 1.807) is 6.07 Å². The van der Waals surface area contributed by atoms with E-state index >= 15 is 0 Å². The van der Waals surface area contributed by atoms with Gasteiger partial charge in [0.05, 0.1) is 7.11 Å². The van der Waals surface area contributed by atoms with Crippen molar-refractivity contribution in [3.8, 4) is 11.5 Å². The van der Waals surface area contributed by atoms with E-state index in [2.05, 4.69) is 16.7 Å². The molecule has 1 saturated heterocycles. The van der Waals surface area contributed by atoms with Gasteiger partial charge in [0.25, 0.3) is 0 Å². The molecule has 0 aromatic heterocycles. The van der Waals surface area contributed by atoms with Gasteiger partial charge in [0.15, 0.2) is 11.5 Å². The molecule has 1 aromatic carbocycles. The molecule has 4 nitrogen and oxygen atoms in total. The molecule has 0 amide bonds. The first-order valence-corrected chi connectivity index (χ1v) is 8.05. The average molecular weight is 326 g/mol. The fourth-order valence-electron chi connectivity index (χ4n) is 4.32. The second-order valence-electron chi connectivity index (χ2n) is 6.68. The number of likely N-dealkylation sites (tertiary alicyclic amines) is 1. The number of ether oxygens (including phenoxy) is 2. The molecule has 3 unspecified atom stereocenters. The summed E-state index contributed by atoms with van der Waals surface area (Å²) in [6, 6.07) is 5.98. The molecule has 2 aliphatic rings. The molecule has 6 heteroatoms. The van der Waals surface area contributed by atoms with Crippen molar-refractivity contribution in [1.82, 2.24) is 4.90 Å². The molecule has 1 aromatic rings. The summed E-state index contributed by atoms with van der Waals surface area (Å²) in [5, 5.41) is 0. The van der Waals surface area contributed by atoms with Crippen LogP contribution in [0.15, 0.2) is 18.2 Å². The number of fused-ring (bicyclic) bond motifs is 1. The lowest BCUT2D eigenvalue weighted by atomic mass is 9.65. The molecular weight excluding hydrogens is 302 g/mol. The summed E-state index contributed by atoms with van der Waals surface area (Å²) in [6.45, 7) is -1.83. The SMILES string of the molecule is COc1cc(C23CCC(N)CC2N(C)CC3)ccc1OC(F)F. The van der Waals surface area contributed by atoms with Crippen LogP contribution in [0.5, 0.6) is 11.5 Å². The van der Waals surface area contributed by atoms with Crippen LogP contribution in [0.3, 0.4) is 0 Å². The van der Waals surface area contributed by atoms with Crippen LogP contribution in [0.1, 0.15) is 31.2 Å². The zero-order valence-electron chi connectivity index (χ0n) is 13.6. The molecule has 1 heterocycles. The highest BCUT2D eigenvalue weighted by Crippen LogP contribution is 2.49. The fraction of sp³-hybridized carbons (Fsp3) is 0.647. The van der Waals surface area contributed by atoms with Gasteiger partial charge in [0.2, 0.25) is 0 Å². The summed E-state index contributed by atoms with van der Waals surface area (Å²) < 4.78 is 34.8. The van der Waals surface area contributed by atoms with Crippen molar-refractivity contribution in [2.45, 2.75) is 49.8 Å². The van der Waals surface area contributed by atoms with Gasteiger partial charge in [-0.05, 0) is 57.0 Å². The van der Waals surface area contributed by atoms with Crippen molar-refractivity contribution in [3.63, 3.8) is 0 Å². The molecule has 3 rings (SSSR count). The van der Waals surface area contributed by atoms with Crippen LogP contribution < -0.4 is 15.2 Å². The summed E-state index contributed by atoms with van der Waals surface area (Å²) in [4.78, 5) is 2.37. The molecular formula is C17H24F2N2O2. The van der Waals surface area contributed by atoms with Crippen LogP contribution in [-0.2, 0) is 5.41 Å². The molecule has 0 bridgehead atoms. The Bertz CT molecular complexity index is 570. The summed E-state index contributed by atoms with van der Waals surface area (Å²) in [7, 11) is 3.61. The van der Waals surface area contributed by atoms with Crippen LogP contribution in [0.4, 0.5) is 8.78 Å². The molecule has 1 saturated carbocycles.